The number of imidazole rings is 1. The molecule has 0 saturated carbocycles. The van der Waals surface area contributed by atoms with E-state index in [2.05, 4.69) is 20.3 Å². The Morgan fingerprint density at radius 2 is 2.22 bits per heavy atom. The second-order valence-electron chi connectivity index (χ2n) is 5.06. The van der Waals surface area contributed by atoms with Crippen LogP contribution in [0, 0.1) is 6.92 Å². The highest BCUT2D eigenvalue weighted by Crippen LogP contribution is 2.20. The number of hydrogen-bond donors (Lipinski definition) is 2. The van der Waals surface area contributed by atoms with Gasteiger partial charge in [-0.05, 0) is 24.1 Å². The molecular formula is C16H15ClN4OS. The van der Waals surface area contributed by atoms with E-state index in [-0.39, 0.29) is 5.91 Å². The molecule has 2 heterocycles. The molecular weight excluding hydrogens is 332 g/mol. The van der Waals surface area contributed by atoms with Crippen LogP contribution in [0.2, 0.25) is 5.02 Å². The van der Waals surface area contributed by atoms with Crippen LogP contribution in [0.3, 0.4) is 0 Å². The molecule has 118 valence electrons. The fraction of sp³-hybridized carbons (Fsp3) is 0.188. The SMILES string of the molecule is Cc1ccccc1CNC(=O)CSc1nc2ncc(Cl)cc2[nH]1. The number of thioether (sulfide) groups is 1. The zero-order valence-electron chi connectivity index (χ0n) is 12.5. The van der Waals surface area contributed by atoms with Gasteiger partial charge in [0.15, 0.2) is 10.8 Å². The predicted octanol–water partition coefficient (Wildman–Crippen LogP) is 3.33. The number of aromatic amines is 1. The Kier molecular flexibility index (Phi) is 4.83. The minimum absolute atomic E-state index is 0.0373. The van der Waals surface area contributed by atoms with E-state index in [9.17, 15) is 4.79 Å². The molecule has 0 atom stereocenters. The van der Waals surface area contributed by atoms with Gasteiger partial charge in [-0.25, -0.2) is 9.97 Å². The molecule has 7 heteroatoms. The first-order chi connectivity index (χ1) is 11.1. The van der Waals surface area contributed by atoms with Gasteiger partial charge in [-0.2, -0.15) is 0 Å². The van der Waals surface area contributed by atoms with Crippen molar-refractivity contribution in [3.63, 3.8) is 0 Å². The topological polar surface area (TPSA) is 70.7 Å². The molecule has 23 heavy (non-hydrogen) atoms. The Morgan fingerprint density at radius 3 is 3.04 bits per heavy atom. The van der Waals surface area contributed by atoms with Crippen LogP contribution in [-0.2, 0) is 11.3 Å². The number of H-pyrrole nitrogens is 1. The van der Waals surface area contributed by atoms with E-state index in [0.29, 0.717) is 28.1 Å². The quantitative estimate of drug-likeness (QED) is 0.695. The van der Waals surface area contributed by atoms with Gasteiger partial charge in [0.1, 0.15) is 0 Å². The standard InChI is InChI=1S/C16H15ClN4OS/c1-10-4-2-3-5-11(10)7-18-14(22)9-23-16-20-13-6-12(17)8-19-15(13)21-16/h2-6,8H,7,9H2,1H3,(H,18,22)(H,19,20,21). The van der Waals surface area contributed by atoms with Crippen LogP contribution in [0.25, 0.3) is 11.2 Å². The van der Waals surface area contributed by atoms with Gasteiger partial charge in [0, 0.05) is 12.7 Å². The van der Waals surface area contributed by atoms with Gasteiger partial charge >= 0.3 is 0 Å². The van der Waals surface area contributed by atoms with Crippen LogP contribution < -0.4 is 5.32 Å². The molecule has 0 unspecified atom stereocenters. The van der Waals surface area contributed by atoms with E-state index in [4.69, 9.17) is 11.6 Å². The van der Waals surface area contributed by atoms with Crippen molar-refractivity contribution in [2.24, 2.45) is 0 Å². The number of carbonyl (C=O) groups excluding carboxylic acids is 1. The maximum Gasteiger partial charge on any atom is 0.230 e. The lowest BCUT2D eigenvalue weighted by molar-refractivity contribution is -0.118. The number of aryl methyl sites for hydroxylation is 1. The Labute approximate surface area is 142 Å². The van der Waals surface area contributed by atoms with Crippen LogP contribution in [0.15, 0.2) is 41.7 Å². The molecule has 5 nitrogen and oxygen atoms in total. The largest absolute Gasteiger partial charge is 0.351 e. The summed E-state index contributed by atoms with van der Waals surface area (Å²) >= 11 is 7.22. The van der Waals surface area contributed by atoms with E-state index >= 15 is 0 Å². The summed E-state index contributed by atoms with van der Waals surface area (Å²) < 4.78 is 0. The third-order valence-corrected chi connectivity index (χ3v) is 4.44. The highest BCUT2D eigenvalue weighted by Gasteiger charge is 2.08. The van der Waals surface area contributed by atoms with E-state index in [1.165, 1.54) is 17.3 Å². The number of nitrogens with zero attached hydrogens (tertiary/aromatic N) is 2. The number of pyridine rings is 1. The number of hydrogen-bond acceptors (Lipinski definition) is 4. The second-order valence-corrected chi connectivity index (χ2v) is 6.46. The van der Waals surface area contributed by atoms with Crippen molar-refractivity contribution in [2.45, 2.75) is 18.6 Å². The second kappa shape index (κ2) is 7.02. The first kappa shape index (κ1) is 15.8. The Hall–Kier alpha value is -2.05. The third kappa shape index (κ3) is 4.03. The lowest BCUT2D eigenvalue weighted by Crippen LogP contribution is -2.24. The molecule has 2 aromatic heterocycles. The lowest BCUT2D eigenvalue weighted by Gasteiger charge is -2.07. The number of fused-ring (bicyclic) bond motifs is 1. The fourth-order valence-electron chi connectivity index (χ4n) is 2.11. The summed E-state index contributed by atoms with van der Waals surface area (Å²) in [6.45, 7) is 2.56. The van der Waals surface area contributed by atoms with Crippen molar-refractivity contribution in [1.29, 1.82) is 0 Å². The predicted molar refractivity (Wildman–Crippen MR) is 92.6 cm³/mol. The fourth-order valence-corrected chi connectivity index (χ4v) is 2.97. The number of benzene rings is 1. The zero-order chi connectivity index (χ0) is 16.2. The van der Waals surface area contributed by atoms with E-state index < -0.39 is 0 Å². The average molecular weight is 347 g/mol. The van der Waals surface area contributed by atoms with Crippen LogP contribution in [0.4, 0.5) is 0 Å². The summed E-state index contributed by atoms with van der Waals surface area (Å²) in [6.07, 6.45) is 1.55. The van der Waals surface area contributed by atoms with Gasteiger partial charge in [-0.1, -0.05) is 47.6 Å². The van der Waals surface area contributed by atoms with Crippen LogP contribution in [0.1, 0.15) is 11.1 Å². The molecule has 0 aliphatic heterocycles. The number of aromatic nitrogens is 3. The Bertz CT molecular complexity index is 849. The van der Waals surface area contributed by atoms with E-state index in [0.717, 1.165) is 11.1 Å². The summed E-state index contributed by atoms with van der Waals surface area (Å²) in [7, 11) is 0. The van der Waals surface area contributed by atoms with Gasteiger partial charge in [-0.15, -0.1) is 0 Å². The minimum Gasteiger partial charge on any atom is -0.351 e. The summed E-state index contributed by atoms with van der Waals surface area (Å²) in [4.78, 5) is 23.5. The molecule has 0 spiro atoms. The molecule has 1 amide bonds. The molecule has 0 aliphatic rings. The van der Waals surface area contributed by atoms with Crippen molar-refractivity contribution < 1.29 is 4.79 Å². The molecule has 0 radical (unpaired) electrons. The highest BCUT2D eigenvalue weighted by atomic mass is 35.5. The van der Waals surface area contributed by atoms with Crippen molar-refractivity contribution in [2.75, 3.05) is 5.75 Å². The van der Waals surface area contributed by atoms with E-state index in [1.807, 2.05) is 31.2 Å². The summed E-state index contributed by atoms with van der Waals surface area (Å²) in [6, 6.07) is 9.76. The summed E-state index contributed by atoms with van der Waals surface area (Å²) in [5.74, 6) is 0.254. The Morgan fingerprint density at radius 1 is 1.39 bits per heavy atom. The lowest BCUT2D eigenvalue weighted by atomic mass is 10.1. The van der Waals surface area contributed by atoms with Gasteiger partial charge in [-0.3, -0.25) is 4.79 Å². The van der Waals surface area contributed by atoms with Gasteiger partial charge in [0.25, 0.3) is 0 Å². The van der Waals surface area contributed by atoms with Crippen LogP contribution in [0.5, 0.6) is 0 Å². The highest BCUT2D eigenvalue weighted by molar-refractivity contribution is 7.99. The number of amides is 1. The first-order valence-electron chi connectivity index (χ1n) is 7.07. The van der Waals surface area contributed by atoms with Crippen molar-refractivity contribution >= 4 is 40.4 Å². The number of halogens is 1. The minimum atomic E-state index is -0.0373. The third-order valence-electron chi connectivity index (χ3n) is 3.36. The molecule has 0 saturated heterocycles. The maximum atomic E-state index is 12.0. The molecule has 0 fully saturated rings. The molecule has 0 aliphatic carbocycles. The van der Waals surface area contributed by atoms with Crippen molar-refractivity contribution in [1.82, 2.24) is 20.3 Å². The molecule has 3 aromatic rings. The Balaban J connectivity index is 1.54. The monoisotopic (exact) mass is 346 g/mol. The zero-order valence-corrected chi connectivity index (χ0v) is 14.0. The number of carbonyl (C=O) groups is 1. The summed E-state index contributed by atoms with van der Waals surface area (Å²) in [5, 5.41) is 4.12. The van der Waals surface area contributed by atoms with Gasteiger partial charge in [0.2, 0.25) is 5.91 Å². The summed E-state index contributed by atoms with van der Waals surface area (Å²) in [5.41, 5.74) is 3.65. The van der Waals surface area contributed by atoms with Crippen LogP contribution >= 0.6 is 23.4 Å². The molecule has 1 aromatic carbocycles. The average Bonchev–Trinajstić information content (AvgIpc) is 2.94. The van der Waals surface area contributed by atoms with Gasteiger partial charge in [0.05, 0.1) is 16.3 Å². The number of rotatable bonds is 5. The molecule has 2 N–H and O–H groups in total. The van der Waals surface area contributed by atoms with Crippen LogP contribution in [-0.4, -0.2) is 26.6 Å². The number of nitrogens with one attached hydrogen (secondary N) is 2. The van der Waals surface area contributed by atoms with Crippen molar-refractivity contribution in [3.8, 4) is 0 Å². The smallest absolute Gasteiger partial charge is 0.230 e. The molecule has 3 rings (SSSR count). The van der Waals surface area contributed by atoms with Crippen molar-refractivity contribution in [3.05, 3.63) is 52.7 Å². The maximum absolute atomic E-state index is 12.0. The van der Waals surface area contributed by atoms with E-state index in [1.54, 1.807) is 12.3 Å². The normalized spacial score (nSPS) is 10.9. The van der Waals surface area contributed by atoms with Gasteiger partial charge < -0.3 is 10.3 Å². The molecule has 0 bridgehead atoms. The first-order valence-corrected chi connectivity index (χ1v) is 8.43.